The van der Waals surface area contributed by atoms with E-state index < -0.39 is 0 Å². The molecule has 1 atom stereocenters. The minimum atomic E-state index is 0.601. The van der Waals surface area contributed by atoms with Gasteiger partial charge in [0.2, 0.25) is 0 Å². The molecule has 1 aromatic heterocycles. The van der Waals surface area contributed by atoms with Crippen molar-refractivity contribution in [3.63, 3.8) is 0 Å². The fraction of sp³-hybridized carbons (Fsp3) is 0.684. The van der Waals surface area contributed by atoms with Gasteiger partial charge in [-0.25, -0.2) is 9.98 Å². The zero-order valence-corrected chi connectivity index (χ0v) is 16.2. The predicted octanol–water partition coefficient (Wildman–Crippen LogP) is 2.36. The van der Waals surface area contributed by atoms with Gasteiger partial charge in [0.15, 0.2) is 5.96 Å². The quantitative estimate of drug-likeness (QED) is 0.578. The number of nitrogens with one attached hydrogen (secondary N) is 1. The Hall–Kier alpha value is -1.82. The molecule has 0 aromatic carbocycles. The summed E-state index contributed by atoms with van der Waals surface area (Å²) in [5.41, 5.74) is 1.13. The molecule has 6 nitrogen and oxygen atoms in total. The first-order chi connectivity index (χ1) is 12.2. The van der Waals surface area contributed by atoms with Crippen LogP contribution in [0.4, 0.5) is 5.82 Å². The van der Waals surface area contributed by atoms with Crippen molar-refractivity contribution in [1.82, 2.24) is 15.2 Å². The van der Waals surface area contributed by atoms with Crippen molar-refractivity contribution in [2.75, 3.05) is 51.3 Å². The predicted molar refractivity (Wildman–Crippen MR) is 104 cm³/mol. The zero-order valence-electron chi connectivity index (χ0n) is 16.2. The SMILES string of the molecule is CCNC(=NCc1ccc(N(CC)CC)nc1)N(C)CC1CCOC1. The highest BCUT2D eigenvalue weighted by Gasteiger charge is 2.19. The molecule has 2 heterocycles. The number of rotatable bonds is 8. The summed E-state index contributed by atoms with van der Waals surface area (Å²) in [6.45, 7) is 12.6. The molecule has 0 saturated carbocycles. The summed E-state index contributed by atoms with van der Waals surface area (Å²) in [5.74, 6) is 2.58. The Morgan fingerprint density at radius 1 is 1.32 bits per heavy atom. The summed E-state index contributed by atoms with van der Waals surface area (Å²) in [4.78, 5) is 13.8. The highest BCUT2D eigenvalue weighted by Crippen LogP contribution is 2.14. The second kappa shape index (κ2) is 10.2. The van der Waals surface area contributed by atoms with Gasteiger partial charge >= 0.3 is 0 Å². The van der Waals surface area contributed by atoms with Gasteiger partial charge in [0.1, 0.15) is 5.82 Å². The molecule has 0 aliphatic carbocycles. The van der Waals surface area contributed by atoms with E-state index in [9.17, 15) is 0 Å². The summed E-state index contributed by atoms with van der Waals surface area (Å²) >= 11 is 0. The number of hydrogen-bond donors (Lipinski definition) is 1. The molecular weight excluding hydrogens is 314 g/mol. The van der Waals surface area contributed by atoms with Crippen LogP contribution in [0.2, 0.25) is 0 Å². The molecule has 1 unspecified atom stereocenters. The summed E-state index contributed by atoms with van der Waals surface area (Å²) in [5, 5.41) is 3.38. The number of ether oxygens (including phenoxy) is 1. The third-order valence-corrected chi connectivity index (χ3v) is 4.56. The van der Waals surface area contributed by atoms with Crippen molar-refractivity contribution in [2.24, 2.45) is 10.9 Å². The van der Waals surface area contributed by atoms with Crippen molar-refractivity contribution in [3.8, 4) is 0 Å². The average Bonchev–Trinajstić information content (AvgIpc) is 3.13. The van der Waals surface area contributed by atoms with Gasteiger partial charge in [0.25, 0.3) is 0 Å². The van der Waals surface area contributed by atoms with Gasteiger partial charge in [0, 0.05) is 51.9 Å². The van der Waals surface area contributed by atoms with Gasteiger partial charge < -0.3 is 19.9 Å². The highest BCUT2D eigenvalue weighted by molar-refractivity contribution is 5.79. The summed E-state index contributed by atoms with van der Waals surface area (Å²) < 4.78 is 5.48. The van der Waals surface area contributed by atoms with Crippen LogP contribution in [0.25, 0.3) is 0 Å². The standard InChI is InChI=1S/C19H33N5O/c1-5-20-19(23(4)14-17-10-11-25-15-17)22-13-16-8-9-18(21-12-16)24(6-2)7-3/h8-9,12,17H,5-7,10-11,13-15H2,1-4H3,(H,20,22). The first-order valence-corrected chi connectivity index (χ1v) is 9.44. The number of guanidine groups is 1. The third kappa shape index (κ3) is 5.88. The smallest absolute Gasteiger partial charge is 0.193 e. The number of pyridine rings is 1. The van der Waals surface area contributed by atoms with Crippen LogP contribution in [0.1, 0.15) is 32.8 Å². The van der Waals surface area contributed by atoms with Crippen molar-refractivity contribution in [2.45, 2.75) is 33.7 Å². The molecular formula is C19H33N5O. The molecule has 0 bridgehead atoms. The Bertz CT molecular complexity index is 521. The van der Waals surface area contributed by atoms with Crippen LogP contribution in [0.3, 0.4) is 0 Å². The van der Waals surface area contributed by atoms with Gasteiger partial charge in [-0.05, 0) is 38.8 Å². The minimum Gasteiger partial charge on any atom is -0.381 e. The van der Waals surface area contributed by atoms with Crippen LogP contribution in [-0.2, 0) is 11.3 Å². The fourth-order valence-electron chi connectivity index (χ4n) is 3.08. The van der Waals surface area contributed by atoms with E-state index in [0.717, 1.165) is 63.2 Å². The molecule has 1 N–H and O–H groups in total. The zero-order chi connectivity index (χ0) is 18.1. The maximum absolute atomic E-state index is 5.48. The lowest BCUT2D eigenvalue weighted by Crippen LogP contribution is -2.41. The molecule has 0 spiro atoms. The number of hydrogen-bond acceptors (Lipinski definition) is 4. The van der Waals surface area contributed by atoms with Gasteiger partial charge in [-0.1, -0.05) is 6.07 Å². The average molecular weight is 348 g/mol. The van der Waals surface area contributed by atoms with Crippen LogP contribution < -0.4 is 10.2 Å². The van der Waals surface area contributed by atoms with E-state index in [4.69, 9.17) is 9.73 Å². The number of nitrogens with zero attached hydrogens (tertiary/aromatic N) is 4. The molecule has 1 fully saturated rings. The summed E-state index contributed by atoms with van der Waals surface area (Å²) in [7, 11) is 2.10. The fourth-order valence-corrected chi connectivity index (χ4v) is 3.08. The Balaban J connectivity index is 1.97. The van der Waals surface area contributed by atoms with Crippen molar-refractivity contribution < 1.29 is 4.74 Å². The molecule has 2 rings (SSSR count). The highest BCUT2D eigenvalue weighted by atomic mass is 16.5. The van der Waals surface area contributed by atoms with E-state index in [2.05, 4.69) is 60.1 Å². The van der Waals surface area contributed by atoms with E-state index in [1.54, 1.807) is 0 Å². The lowest BCUT2D eigenvalue weighted by atomic mass is 10.1. The van der Waals surface area contributed by atoms with Crippen LogP contribution in [0.15, 0.2) is 23.3 Å². The lowest BCUT2D eigenvalue weighted by molar-refractivity contribution is 0.181. The van der Waals surface area contributed by atoms with E-state index in [-0.39, 0.29) is 0 Å². The van der Waals surface area contributed by atoms with Crippen molar-refractivity contribution >= 4 is 11.8 Å². The van der Waals surface area contributed by atoms with E-state index in [0.29, 0.717) is 12.5 Å². The first-order valence-electron chi connectivity index (χ1n) is 9.44. The van der Waals surface area contributed by atoms with Gasteiger partial charge in [0.05, 0.1) is 13.2 Å². The van der Waals surface area contributed by atoms with Gasteiger partial charge in [-0.3, -0.25) is 0 Å². The number of aliphatic imine (C=N–C) groups is 1. The van der Waals surface area contributed by atoms with Crippen LogP contribution in [0.5, 0.6) is 0 Å². The van der Waals surface area contributed by atoms with Crippen LogP contribution in [0, 0.1) is 5.92 Å². The third-order valence-electron chi connectivity index (χ3n) is 4.56. The lowest BCUT2D eigenvalue weighted by Gasteiger charge is -2.24. The molecule has 140 valence electrons. The van der Waals surface area contributed by atoms with Gasteiger partial charge in [-0.15, -0.1) is 0 Å². The monoisotopic (exact) mass is 347 g/mol. The van der Waals surface area contributed by atoms with Crippen molar-refractivity contribution in [3.05, 3.63) is 23.9 Å². The second-order valence-electron chi connectivity index (χ2n) is 6.48. The molecule has 0 amide bonds. The Morgan fingerprint density at radius 2 is 2.12 bits per heavy atom. The van der Waals surface area contributed by atoms with Crippen molar-refractivity contribution in [1.29, 1.82) is 0 Å². The maximum atomic E-state index is 5.48. The van der Waals surface area contributed by atoms with Crippen LogP contribution >= 0.6 is 0 Å². The molecule has 1 aliphatic rings. The molecule has 25 heavy (non-hydrogen) atoms. The second-order valence-corrected chi connectivity index (χ2v) is 6.48. The van der Waals surface area contributed by atoms with E-state index in [1.807, 2.05) is 6.20 Å². The summed E-state index contributed by atoms with van der Waals surface area (Å²) in [6, 6.07) is 4.21. The Morgan fingerprint density at radius 3 is 2.68 bits per heavy atom. The number of aromatic nitrogens is 1. The molecule has 1 saturated heterocycles. The van der Waals surface area contributed by atoms with Crippen LogP contribution in [-0.4, -0.2) is 62.3 Å². The van der Waals surface area contributed by atoms with E-state index >= 15 is 0 Å². The Kier molecular flexibility index (Phi) is 7.98. The molecule has 6 heteroatoms. The van der Waals surface area contributed by atoms with Gasteiger partial charge in [-0.2, -0.15) is 0 Å². The first kappa shape index (κ1) is 19.5. The summed E-state index contributed by atoms with van der Waals surface area (Å²) in [6.07, 6.45) is 3.08. The minimum absolute atomic E-state index is 0.601. The largest absolute Gasteiger partial charge is 0.381 e. The van der Waals surface area contributed by atoms with E-state index in [1.165, 1.54) is 0 Å². The molecule has 1 aliphatic heterocycles. The number of anilines is 1. The maximum Gasteiger partial charge on any atom is 0.193 e. The molecule has 0 radical (unpaired) electrons. The normalized spacial score (nSPS) is 17.6. The topological polar surface area (TPSA) is 53.0 Å². The Labute approximate surface area is 152 Å². The molecule has 1 aromatic rings.